The van der Waals surface area contributed by atoms with Crippen LogP contribution in [-0.2, 0) is 6.61 Å². The van der Waals surface area contributed by atoms with Gasteiger partial charge < -0.3 is 4.74 Å². The van der Waals surface area contributed by atoms with Gasteiger partial charge in [0.25, 0.3) is 0 Å². The molecule has 0 spiro atoms. The van der Waals surface area contributed by atoms with Gasteiger partial charge in [0.15, 0.2) is 5.82 Å². The summed E-state index contributed by atoms with van der Waals surface area (Å²) in [5.74, 6) is 0.566. The summed E-state index contributed by atoms with van der Waals surface area (Å²) in [5, 5.41) is 13.1. The second-order valence-electron chi connectivity index (χ2n) is 4.48. The molecule has 5 nitrogen and oxygen atoms in total. The first-order valence-corrected chi connectivity index (χ1v) is 6.54. The van der Waals surface area contributed by atoms with Crippen molar-refractivity contribution < 1.29 is 9.13 Å². The van der Waals surface area contributed by atoms with E-state index < -0.39 is 0 Å². The van der Waals surface area contributed by atoms with Crippen LogP contribution in [0.4, 0.5) is 4.39 Å². The smallest absolute Gasteiger partial charge is 0.218 e. The number of benzene rings is 1. The van der Waals surface area contributed by atoms with Crippen LogP contribution in [0.2, 0.25) is 0 Å². The summed E-state index contributed by atoms with van der Waals surface area (Å²) in [5.41, 5.74) is 0.925. The fourth-order valence-corrected chi connectivity index (χ4v) is 1.94. The minimum atomic E-state index is -0.321. The zero-order valence-corrected chi connectivity index (χ0v) is 11.5. The zero-order valence-electron chi connectivity index (χ0n) is 11.5. The van der Waals surface area contributed by atoms with Crippen molar-refractivity contribution in [3.05, 3.63) is 71.8 Å². The molecule has 0 N–H and O–H groups in total. The molecular weight excluding hydrogens is 283 g/mol. The Bertz CT molecular complexity index is 838. The van der Waals surface area contributed by atoms with E-state index in [9.17, 15) is 4.39 Å². The molecule has 0 saturated carbocycles. The summed E-state index contributed by atoms with van der Waals surface area (Å²) in [6, 6.07) is 13.3. The SMILES string of the molecule is N#Cc1ccnc(-n2nccc2OCc2ccccc2F)c1. The maximum absolute atomic E-state index is 13.6. The maximum atomic E-state index is 13.6. The Labute approximate surface area is 126 Å². The van der Waals surface area contributed by atoms with Crippen LogP contribution < -0.4 is 4.74 Å². The van der Waals surface area contributed by atoms with Crippen LogP contribution >= 0.6 is 0 Å². The molecule has 108 valence electrons. The molecule has 3 aromatic rings. The van der Waals surface area contributed by atoms with Gasteiger partial charge in [-0.1, -0.05) is 18.2 Å². The predicted octanol–water partition coefficient (Wildman–Crippen LogP) is 2.86. The number of halogens is 1. The first-order chi connectivity index (χ1) is 10.8. The normalized spacial score (nSPS) is 10.2. The van der Waals surface area contributed by atoms with Crippen LogP contribution in [-0.4, -0.2) is 14.8 Å². The number of rotatable bonds is 4. The van der Waals surface area contributed by atoms with Crippen LogP contribution in [0.3, 0.4) is 0 Å². The lowest BCUT2D eigenvalue weighted by atomic mass is 10.2. The van der Waals surface area contributed by atoms with Crippen molar-refractivity contribution >= 4 is 0 Å². The van der Waals surface area contributed by atoms with Crippen molar-refractivity contribution in [1.82, 2.24) is 14.8 Å². The third kappa shape index (κ3) is 2.79. The molecule has 0 saturated heterocycles. The summed E-state index contributed by atoms with van der Waals surface area (Å²) in [7, 11) is 0. The molecular formula is C16H11FN4O. The minimum Gasteiger partial charge on any atom is -0.473 e. The van der Waals surface area contributed by atoms with Gasteiger partial charge in [0.1, 0.15) is 12.4 Å². The molecule has 0 aliphatic heterocycles. The zero-order chi connectivity index (χ0) is 15.4. The third-order valence-electron chi connectivity index (χ3n) is 3.03. The molecule has 0 radical (unpaired) electrons. The van der Waals surface area contributed by atoms with Crippen LogP contribution in [0.5, 0.6) is 5.88 Å². The number of nitrogens with zero attached hydrogens (tertiary/aromatic N) is 4. The van der Waals surface area contributed by atoms with Crippen molar-refractivity contribution in [2.24, 2.45) is 0 Å². The Morgan fingerprint density at radius 1 is 1.18 bits per heavy atom. The van der Waals surface area contributed by atoms with Crippen molar-refractivity contribution in [1.29, 1.82) is 5.26 Å². The van der Waals surface area contributed by atoms with Crippen molar-refractivity contribution in [3.8, 4) is 17.8 Å². The van der Waals surface area contributed by atoms with Gasteiger partial charge in [-0.05, 0) is 12.1 Å². The van der Waals surface area contributed by atoms with E-state index in [-0.39, 0.29) is 12.4 Å². The van der Waals surface area contributed by atoms with E-state index in [4.69, 9.17) is 10.00 Å². The summed E-state index contributed by atoms with van der Waals surface area (Å²) in [4.78, 5) is 4.16. The average molecular weight is 294 g/mol. The summed E-state index contributed by atoms with van der Waals surface area (Å²) < 4.78 is 20.7. The molecule has 2 aromatic heterocycles. The molecule has 0 amide bonds. The first-order valence-electron chi connectivity index (χ1n) is 6.54. The first kappa shape index (κ1) is 13.8. The average Bonchev–Trinajstić information content (AvgIpc) is 3.03. The predicted molar refractivity (Wildman–Crippen MR) is 76.8 cm³/mol. The Morgan fingerprint density at radius 2 is 2.05 bits per heavy atom. The lowest BCUT2D eigenvalue weighted by Crippen LogP contribution is -2.05. The van der Waals surface area contributed by atoms with Gasteiger partial charge in [-0.2, -0.15) is 15.0 Å². The van der Waals surface area contributed by atoms with E-state index in [0.717, 1.165) is 0 Å². The van der Waals surface area contributed by atoms with E-state index in [1.54, 1.807) is 42.6 Å². The van der Waals surface area contributed by atoms with Crippen molar-refractivity contribution in [3.63, 3.8) is 0 Å². The molecule has 0 fully saturated rings. The number of hydrogen-bond acceptors (Lipinski definition) is 4. The molecule has 2 heterocycles. The number of pyridine rings is 1. The molecule has 0 unspecified atom stereocenters. The van der Waals surface area contributed by atoms with Crippen molar-refractivity contribution in [2.45, 2.75) is 6.61 Å². The summed E-state index contributed by atoms with van der Waals surface area (Å²) in [6.07, 6.45) is 3.08. The topological polar surface area (TPSA) is 63.7 Å². The molecule has 22 heavy (non-hydrogen) atoms. The molecule has 0 atom stereocenters. The quantitative estimate of drug-likeness (QED) is 0.742. The van der Waals surface area contributed by atoms with Gasteiger partial charge in [0.2, 0.25) is 5.88 Å². The van der Waals surface area contributed by atoms with Gasteiger partial charge in [0, 0.05) is 23.9 Å². The van der Waals surface area contributed by atoms with Crippen LogP contribution in [0.25, 0.3) is 5.82 Å². The van der Waals surface area contributed by atoms with Gasteiger partial charge in [-0.15, -0.1) is 0 Å². The minimum absolute atomic E-state index is 0.0797. The van der Waals surface area contributed by atoms with E-state index >= 15 is 0 Å². The third-order valence-corrected chi connectivity index (χ3v) is 3.03. The monoisotopic (exact) mass is 294 g/mol. The van der Waals surface area contributed by atoms with Crippen LogP contribution in [0.1, 0.15) is 11.1 Å². The standard InChI is InChI=1S/C16H11FN4O/c17-14-4-2-1-3-13(14)11-22-16-6-8-20-21(16)15-9-12(10-18)5-7-19-15/h1-9H,11H2. The van der Waals surface area contributed by atoms with Gasteiger partial charge in [-0.3, -0.25) is 0 Å². The second kappa shape index (κ2) is 6.06. The fraction of sp³-hybridized carbons (Fsp3) is 0.0625. The molecule has 1 aromatic carbocycles. The van der Waals surface area contributed by atoms with E-state index in [1.807, 2.05) is 6.07 Å². The molecule has 0 aliphatic carbocycles. The summed E-state index contributed by atoms with van der Waals surface area (Å²) >= 11 is 0. The lowest BCUT2D eigenvalue weighted by molar-refractivity contribution is 0.279. The number of nitriles is 1. The Kier molecular flexibility index (Phi) is 3.79. The van der Waals surface area contributed by atoms with Crippen LogP contribution in [0, 0.1) is 17.1 Å². The Hall–Kier alpha value is -3.20. The highest BCUT2D eigenvalue weighted by molar-refractivity contribution is 5.37. The fourth-order valence-electron chi connectivity index (χ4n) is 1.94. The highest BCUT2D eigenvalue weighted by Crippen LogP contribution is 2.18. The second-order valence-corrected chi connectivity index (χ2v) is 4.48. The maximum Gasteiger partial charge on any atom is 0.218 e. The number of hydrogen-bond donors (Lipinski definition) is 0. The van der Waals surface area contributed by atoms with Gasteiger partial charge in [-0.25, -0.2) is 9.37 Å². The molecule has 0 aliphatic rings. The van der Waals surface area contributed by atoms with E-state index in [1.165, 1.54) is 16.9 Å². The Balaban J connectivity index is 1.83. The number of ether oxygens (including phenoxy) is 1. The van der Waals surface area contributed by atoms with E-state index in [0.29, 0.717) is 22.8 Å². The molecule has 3 rings (SSSR count). The lowest BCUT2D eigenvalue weighted by Gasteiger charge is -2.09. The Morgan fingerprint density at radius 3 is 2.86 bits per heavy atom. The number of aromatic nitrogens is 3. The largest absolute Gasteiger partial charge is 0.473 e. The van der Waals surface area contributed by atoms with Crippen molar-refractivity contribution in [2.75, 3.05) is 0 Å². The highest BCUT2D eigenvalue weighted by Gasteiger charge is 2.09. The van der Waals surface area contributed by atoms with E-state index in [2.05, 4.69) is 10.1 Å². The van der Waals surface area contributed by atoms with Gasteiger partial charge in [0.05, 0.1) is 17.8 Å². The van der Waals surface area contributed by atoms with Gasteiger partial charge >= 0.3 is 0 Å². The van der Waals surface area contributed by atoms with Crippen LogP contribution in [0.15, 0.2) is 54.9 Å². The molecule has 6 heteroatoms. The summed E-state index contributed by atoms with van der Waals surface area (Å²) in [6.45, 7) is 0.0797. The highest BCUT2D eigenvalue weighted by atomic mass is 19.1. The molecule has 0 bridgehead atoms.